The molecule has 0 aromatic heterocycles. The summed E-state index contributed by atoms with van der Waals surface area (Å²) in [5, 5.41) is 4.30. The first-order valence-electron chi connectivity index (χ1n) is 6.54. The molecular weight excluding hydrogens is 267 g/mol. The second-order valence-corrected chi connectivity index (χ2v) is 5.64. The third-order valence-electron chi connectivity index (χ3n) is 4.27. The van der Waals surface area contributed by atoms with Gasteiger partial charge in [0, 0.05) is 22.8 Å². The fraction of sp³-hybridized carbons (Fsp3) is 0.571. The first kappa shape index (κ1) is 14.0. The molecule has 1 spiro atoms. The van der Waals surface area contributed by atoms with Crippen molar-refractivity contribution < 1.29 is 0 Å². The molecule has 2 heterocycles. The topological polar surface area (TPSA) is 15.3 Å². The number of piperidine rings is 1. The molecule has 0 saturated carbocycles. The number of benzene rings is 1. The first-order valence-corrected chi connectivity index (χ1v) is 6.92. The Morgan fingerprint density at radius 1 is 1.06 bits per heavy atom. The minimum Gasteiger partial charge on any atom is -0.366 e. The van der Waals surface area contributed by atoms with Gasteiger partial charge < -0.3 is 10.2 Å². The van der Waals surface area contributed by atoms with Crippen LogP contribution in [-0.2, 0) is 0 Å². The minimum absolute atomic E-state index is 0. The van der Waals surface area contributed by atoms with Gasteiger partial charge in [-0.25, -0.2) is 0 Å². The molecule has 0 aliphatic carbocycles. The Labute approximate surface area is 120 Å². The highest BCUT2D eigenvalue weighted by Gasteiger charge is 2.41. The summed E-state index contributed by atoms with van der Waals surface area (Å²) in [6, 6.07) is 8.34. The lowest BCUT2D eigenvalue weighted by atomic mass is 9.85. The number of nitrogens with zero attached hydrogens (tertiary/aromatic N) is 1. The molecule has 0 amide bonds. The van der Waals surface area contributed by atoms with Gasteiger partial charge in [0.05, 0.1) is 0 Å². The summed E-state index contributed by atoms with van der Waals surface area (Å²) in [5.41, 5.74) is 1.76. The van der Waals surface area contributed by atoms with Crippen molar-refractivity contribution >= 4 is 29.7 Å². The Morgan fingerprint density at radius 2 is 1.72 bits per heavy atom. The summed E-state index contributed by atoms with van der Waals surface area (Å²) in [5.74, 6) is 0. The lowest BCUT2D eigenvalue weighted by Gasteiger charge is -2.43. The highest BCUT2D eigenvalue weighted by Crippen LogP contribution is 2.40. The monoisotopic (exact) mass is 286 g/mol. The zero-order chi connectivity index (χ0) is 11.7. The number of anilines is 1. The van der Waals surface area contributed by atoms with Crippen LogP contribution in [-0.4, -0.2) is 25.2 Å². The van der Waals surface area contributed by atoms with Crippen LogP contribution in [0, 0.1) is 0 Å². The largest absolute Gasteiger partial charge is 0.366 e. The molecule has 4 heteroatoms. The van der Waals surface area contributed by atoms with Gasteiger partial charge in [0.1, 0.15) is 0 Å². The third-order valence-corrected chi connectivity index (χ3v) is 4.52. The molecule has 18 heavy (non-hydrogen) atoms. The average molecular weight is 287 g/mol. The van der Waals surface area contributed by atoms with E-state index in [1.54, 1.807) is 0 Å². The Balaban J connectivity index is 0.00000120. The van der Waals surface area contributed by atoms with Gasteiger partial charge in [-0.15, -0.1) is 12.4 Å². The molecule has 2 aliphatic heterocycles. The maximum atomic E-state index is 5.97. The van der Waals surface area contributed by atoms with Gasteiger partial charge >= 0.3 is 0 Å². The summed E-state index contributed by atoms with van der Waals surface area (Å²) in [7, 11) is 0. The molecule has 1 N–H and O–H groups in total. The van der Waals surface area contributed by atoms with Crippen molar-refractivity contribution in [2.24, 2.45) is 0 Å². The van der Waals surface area contributed by atoms with Crippen molar-refractivity contribution in [3.63, 3.8) is 0 Å². The Hall–Kier alpha value is -0.440. The molecule has 2 aliphatic rings. The standard InChI is InChI=1S/C14H19ClN2.ClH/c15-12-2-4-13(5-3-12)17-11-1-6-14(17)7-9-16-10-8-14;/h2-5,16H,1,6-11H2;1H. The molecule has 0 radical (unpaired) electrons. The molecular formula is C14H20Cl2N2. The lowest BCUT2D eigenvalue weighted by molar-refractivity contribution is 0.311. The molecule has 0 bridgehead atoms. The molecule has 100 valence electrons. The predicted octanol–water partition coefficient (Wildman–Crippen LogP) is 3.48. The van der Waals surface area contributed by atoms with Gasteiger partial charge in [0.2, 0.25) is 0 Å². The van der Waals surface area contributed by atoms with Gasteiger partial charge in [-0.3, -0.25) is 0 Å². The molecule has 2 nitrogen and oxygen atoms in total. The quantitative estimate of drug-likeness (QED) is 0.850. The number of halogens is 2. The van der Waals surface area contributed by atoms with E-state index in [1.807, 2.05) is 12.1 Å². The van der Waals surface area contributed by atoms with Crippen LogP contribution in [0.15, 0.2) is 24.3 Å². The maximum Gasteiger partial charge on any atom is 0.0427 e. The molecule has 3 rings (SSSR count). The normalized spacial score (nSPS) is 21.9. The van der Waals surface area contributed by atoms with Crippen LogP contribution in [0.3, 0.4) is 0 Å². The summed E-state index contributed by atoms with van der Waals surface area (Å²) < 4.78 is 0. The summed E-state index contributed by atoms with van der Waals surface area (Å²) >= 11 is 5.97. The second kappa shape index (κ2) is 5.68. The van der Waals surface area contributed by atoms with Crippen LogP contribution in [0.25, 0.3) is 0 Å². The molecule has 0 unspecified atom stereocenters. The van der Waals surface area contributed by atoms with E-state index in [2.05, 4.69) is 22.3 Å². The smallest absolute Gasteiger partial charge is 0.0427 e. The van der Waals surface area contributed by atoms with E-state index >= 15 is 0 Å². The van der Waals surface area contributed by atoms with Crippen LogP contribution in [0.4, 0.5) is 5.69 Å². The highest BCUT2D eigenvalue weighted by molar-refractivity contribution is 6.30. The molecule has 2 saturated heterocycles. The van der Waals surface area contributed by atoms with Crippen LogP contribution in [0.1, 0.15) is 25.7 Å². The van der Waals surface area contributed by atoms with Gasteiger partial charge in [0.15, 0.2) is 0 Å². The van der Waals surface area contributed by atoms with Gasteiger partial charge in [-0.1, -0.05) is 11.6 Å². The zero-order valence-electron chi connectivity index (χ0n) is 10.5. The Morgan fingerprint density at radius 3 is 2.39 bits per heavy atom. The highest BCUT2D eigenvalue weighted by atomic mass is 35.5. The fourth-order valence-corrected chi connectivity index (χ4v) is 3.50. The van der Waals surface area contributed by atoms with Gasteiger partial charge in [0.25, 0.3) is 0 Å². The second-order valence-electron chi connectivity index (χ2n) is 5.21. The van der Waals surface area contributed by atoms with E-state index < -0.39 is 0 Å². The van der Waals surface area contributed by atoms with Crippen LogP contribution >= 0.6 is 24.0 Å². The maximum absolute atomic E-state index is 5.97. The minimum atomic E-state index is 0. The number of hydrogen-bond acceptors (Lipinski definition) is 2. The number of hydrogen-bond donors (Lipinski definition) is 1. The van der Waals surface area contributed by atoms with Crippen molar-refractivity contribution in [3.05, 3.63) is 29.3 Å². The summed E-state index contributed by atoms with van der Waals surface area (Å²) in [4.78, 5) is 2.62. The van der Waals surface area contributed by atoms with Crippen molar-refractivity contribution in [2.75, 3.05) is 24.5 Å². The molecule has 1 aromatic rings. The van der Waals surface area contributed by atoms with Crippen LogP contribution in [0.5, 0.6) is 0 Å². The van der Waals surface area contributed by atoms with E-state index in [0.717, 1.165) is 18.1 Å². The molecule has 0 atom stereocenters. The van der Waals surface area contributed by atoms with E-state index in [4.69, 9.17) is 11.6 Å². The van der Waals surface area contributed by atoms with E-state index in [-0.39, 0.29) is 12.4 Å². The van der Waals surface area contributed by atoms with Crippen molar-refractivity contribution in [2.45, 2.75) is 31.2 Å². The van der Waals surface area contributed by atoms with E-state index in [9.17, 15) is 0 Å². The van der Waals surface area contributed by atoms with E-state index in [1.165, 1.54) is 37.9 Å². The van der Waals surface area contributed by atoms with Crippen LogP contribution < -0.4 is 10.2 Å². The van der Waals surface area contributed by atoms with Crippen LogP contribution in [0.2, 0.25) is 5.02 Å². The van der Waals surface area contributed by atoms with Crippen molar-refractivity contribution in [1.29, 1.82) is 0 Å². The Kier molecular flexibility index (Phi) is 4.41. The fourth-order valence-electron chi connectivity index (χ4n) is 3.37. The summed E-state index contributed by atoms with van der Waals surface area (Å²) in [6.07, 6.45) is 5.21. The third kappa shape index (κ3) is 2.47. The van der Waals surface area contributed by atoms with Crippen molar-refractivity contribution in [3.8, 4) is 0 Å². The number of rotatable bonds is 1. The van der Waals surface area contributed by atoms with E-state index in [0.29, 0.717) is 5.54 Å². The first-order chi connectivity index (χ1) is 8.30. The number of nitrogens with one attached hydrogen (secondary N) is 1. The molecule has 2 fully saturated rings. The van der Waals surface area contributed by atoms with Crippen molar-refractivity contribution in [1.82, 2.24) is 5.32 Å². The summed E-state index contributed by atoms with van der Waals surface area (Å²) in [6.45, 7) is 3.51. The average Bonchev–Trinajstić information content (AvgIpc) is 2.75. The molecule has 1 aromatic carbocycles. The Bertz CT molecular complexity index is 385. The zero-order valence-corrected chi connectivity index (χ0v) is 12.1. The van der Waals surface area contributed by atoms with Gasteiger partial charge in [-0.05, 0) is 63.0 Å². The van der Waals surface area contributed by atoms with Gasteiger partial charge in [-0.2, -0.15) is 0 Å². The lowest BCUT2D eigenvalue weighted by Crippen LogP contribution is -2.51. The SMILES string of the molecule is Cl.Clc1ccc(N2CCCC23CCNCC3)cc1. The predicted molar refractivity (Wildman–Crippen MR) is 80.1 cm³/mol.